The molecule has 0 aliphatic heterocycles. The van der Waals surface area contributed by atoms with Gasteiger partial charge < -0.3 is 15.5 Å². The number of halogens is 1. The van der Waals surface area contributed by atoms with E-state index in [2.05, 4.69) is 10.6 Å². The van der Waals surface area contributed by atoms with E-state index >= 15 is 0 Å². The lowest BCUT2D eigenvalue weighted by Crippen LogP contribution is -2.38. The van der Waals surface area contributed by atoms with Gasteiger partial charge in [-0.05, 0) is 36.8 Å². The van der Waals surface area contributed by atoms with Gasteiger partial charge in [0.25, 0.3) is 0 Å². The summed E-state index contributed by atoms with van der Waals surface area (Å²) in [5.41, 5.74) is 1.79. The van der Waals surface area contributed by atoms with Gasteiger partial charge in [-0.25, -0.2) is 12.7 Å². The number of hydrogen-bond donors (Lipinski definition) is 2. The van der Waals surface area contributed by atoms with Crippen LogP contribution in [0.5, 0.6) is 0 Å². The minimum Gasteiger partial charge on any atom is -0.376 e. The van der Waals surface area contributed by atoms with Gasteiger partial charge >= 0.3 is 0 Å². The van der Waals surface area contributed by atoms with E-state index in [1.54, 1.807) is 37.3 Å². The van der Waals surface area contributed by atoms with Crippen molar-refractivity contribution in [3.05, 3.63) is 53.1 Å². The van der Waals surface area contributed by atoms with Crippen LogP contribution in [0.1, 0.15) is 5.56 Å². The van der Waals surface area contributed by atoms with Crippen molar-refractivity contribution in [3.8, 4) is 0 Å². The lowest BCUT2D eigenvalue weighted by Gasteiger charge is -2.19. The van der Waals surface area contributed by atoms with Crippen LogP contribution in [0.2, 0.25) is 5.02 Å². The van der Waals surface area contributed by atoms with E-state index in [0.717, 1.165) is 9.87 Å². The molecule has 0 unspecified atom stereocenters. The third kappa shape index (κ3) is 5.94. The number of carbonyl (C=O) groups is 2. The highest BCUT2D eigenvalue weighted by atomic mass is 35.5. The average Bonchev–Trinajstić information content (AvgIpc) is 2.68. The number of carbonyl (C=O) groups excluding carboxylic acids is 2. The zero-order chi connectivity index (χ0) is 22.5. The Balaban J connectivity index is 1.98. The number of rotatable bonds is 8. The number of sulfonamides is 1. The van der Waals surface area contributed by atoms with Crippen molar-refractivity contribution in [2.45, 2.75) is 11.8 Å². The van der Waals surface area contributed by atoms with Gasteiger partial charge in [0.2, 0.25) is 21.8 Å². The summed E-state index contributed by atoms with van der Waals surface area (Å²) >= 11 is 6.01. The first kappa shape index (κ1) is 23.7. The second kappa shape index (κ2) is 9.92. The quantitative estimate of drug-likeness (QED) is 0.640. The summed E-state index contributed by atoms with van der Waals surface area (Å²) in [5, 5.41) is 6.01. The number of para-hydroxylation sites is 1. The molecule has 162 valence electrons. The van der Waals surface area contributed by atoms with Crippen molar-refractivity contribution in [1.82, 2.24) is 9.21 Å². The Morgan fingerprint density at radius 1 is 1.03 bits per heavy atom. The summed E-state index contributed by atoms with van der Waals surface area (Å²) in [5.74, 6) is -0.709. The van der Waals surface area contributed by atoms with Gasteiger partial charge in [-0.1, -0.05) is 29.8 Å². The van der Waals surface area contributed by atoms with Gasteiger partial charge in [-0.3, -0.25) is 9.59 Å². The second-order valence-electron chi connectivity index (χ2n) is 6.90. The molecule has 0 saturated heterocycles. The van der Waals surface area contributed by atoms with Crippen molar-refractivity contribution in [1.29, 1.82) is 0 Å². The van der Waals surface area contributed by atoms with E-state index in [1.807, 2.05) is 0 Å². The van der Waals surface area contributed by atoms with Crippen molar-refractivity contribution in [3.63, 3.8) is 0 Å². The summed E-state index contributed by atoms with van der Waals surface area (Å²) in [4.78, 5) is 26.0. The van der Waals surface area contributed by atoms with E-state index in [0.29, 0.717) is 16.4 Å². The molecule has 30 heavy (non-hydrogen) atoms. The monoisotopic (exact) mass is 452 g/mol. The molecule has 2 aromatic rings. The van der Waals surface area contributed by atoms with E-state index < -0.39 is 10.0 Å². The third-order valence-corrected chi connectivity index (χ3v) is 6.51. The zero-order valence-corrected chi connectivity index (χ0v) is 18.8. The van der Waals surface area contributed by atoms with E-state index in [4.69, 9.17) is 11.6 Å². The van der Waals surface area contributed by atoms with Crippen LogP contribution in [0.15, 0.2) is 47.4 Å². The van der Waals surface area contributed by atoms with Crippen LogP contribution in [0.4, 0.5) is 11.4 Å². The Morgan fingerprint density at radius 3 is 2.33 bits per heavy atom. The zero-order valence-electron chi connectivity index (χ0n) is 17.3. The summed E-state index contributed by atoms with van der Waals surface area (Å²) in [6, 6.07) is 11.5. The van der Waals surface area contributed by atoms with Crippen LogP contribution in [0.25, 0.3) is 0 Å². The number of likely N-dealkylation sites (N-methyl/N-ethyl adjacent to an activating group) is 1. The van der Waals surface area contributed by atoms with Crippen molar-refractivity contribution >= 4 is 44.8 Å². The number of benzene rings is 2. The summed E-state index contributed by atoms with van der Waals surface area (Å²) in [6.07, 6.45) is 0. The number of amides is 2. The van der Waals surface area contributed by atoms with Crippen LogP contribution < -0.4 is 10.6 Å². The molecule has 2 amide bonds. The molecule has 2 rings (SSSR count). The van der Waals surface area contributed by atoms with Gasteiger partial charge in [-0.15, -0.1) is 0 Å². The third-order valence-electron chi connectivity index (χ3n) is 4.37. The molecular formula is C20H25ClN4O4S. The Morgan fingerprint density at radius 2 is 1.70 bits per heavy atom. The lowest BCUT2D eigenvalue weighted by atomic mass is 10.2. The number of nitrogens with one attached hydrogen (secondary N) is 2. The Bertz CT molecular complexity index is 1040. The molecule has 0 aromatic heterocycles. The van der Waals surface area contributed by atoms with Gasteiger partial charge in [-0.2, -0.15) is 0 Å². The van der Waals surface area contributed by atoms with Gasteiger partial charge in [0.15, 0.2) is 0 Å². The fraction of sp³-hybridized carbons (Fsp3) is 0.300. The minimum atomic E-state index is -3.59. The Kier molecular flexibility index (Phi) is 7.83. The lowest BCUT2D eigenvalue weighted by molar-refractivity contribution is -0.131. The van der Waals surface area contributed by atoms with Gasteiger partial charge in [0.05, 0.1) is 28.7 Å². The maximum atomic E-state index is 12.4. The molecule has 0 saturated carbocycles. The smallest absolute Gasteiger partial charge is 0.244 e. The highest BCUT2D eigenvalue weighted by Crippen LogP contribution is 2.22. The molecule has 0 aliphatic rings. The van der Waals surface area contributed by atoms with E-state index in [9.17, 15) is 18.0 Å². The standard InChI is InChI=1S/C20H25ClN4O4S/c1-14-9-10-15(30(28,29)24(2)3)11-18(14)22-12-20(27)25(4)13-19(26)23-17-8-6-5-7-16(17)21/h5-11,22H,12-13H2,1-4H3,(H,23,26). The summed E-state index contributed by atoms with van der Waals surface area (Å²) < 4.78 is 25.7. The predicted molar refractivity (Wildman–Crippen MR) is 118 cm³/mol. The Hall–Kier alpha value is -2.62. The fourth-order valence-electron chi connectivity index (χ4n) is 2.52. The topological polar surface area (TPSA) is 98.8 Å². The van der Waals surface area contributed by atoms with Crippen LogP contribution in [-0.2, 0) is 19.6 Å². The number of nitrogens with zero attached hydrogens (tertiary/aromatic N) is 2. The van der Waals surface area contributed by atoms with Crippen molar-refractivity contribution in [2.24, 2.45) is 0 Å². The molecule has 0 bridgehead atoms. The molecule has 8 nitrogen and oxygen atoms in total. The first-order chi connectivity index (χ1) is 14.0. The molecule has 10 heteroatoms. The molecule has 0 fully saturated rings. The molecular weight excluding hydrogens is 428 g/mol. The SMILES string of the molecule is Cc1ccc(S(=O)(=O)N(C)C)cc1NCC(=O)N(C)CC(=O)Nc1ccccc1Cl. The van der Waals surface area contributed by atoms with Gasteiger partial charge in [0.1, 0.15) is 0 Å². The first-order valence-electron chi connectivity index (χ1n) is 9.07. The van der Waals surface area contributed by atoms with E-state index in [-0.39, 0.29) is 29.8 Å². The largest absolute Gasteiger partial charge is 0.376 e. The van der Waals surface area contributed by atoms with Crippen molar-refractivity contribution < 1.29 is 18.0 Å². The molecule has 0 radical (unpaired) electrons. The first-order valence-corrected chi connectivity index (χ1v) is 10.9. The average molecular weight is 453 g/mol. The molecule has 2 N–H and O–H groups in total. The molecule has 2 aromatic carbocycles. The highest BCUT2D eigenvalue weighted by molar-refractivity contribution is 7.89. The van der Waals surface area contributed by atoms with E-state index in [1.165, 1.54) is 38.2 Å². The summed E-state index contributed by atoms with van der Waals surface area (Å²) in [7, 11) is 0.830. The molecule has 0 heterocycles. The maximum Gasteiger partial charge on any atom is 0.244 e. The number of anilines is 2. The Labute approximate surface area is 181 Å². The van der Waals surface area contributed by atoms with Gasteiger partial charge in [0, 0.05) is 26.8 Å². The van der Waals surface area contributed by atoms with Crippen LogP contribution in [0.3, 0.4) is 0 Å². The van der Waals surface area contributed by atoms with Crippen molar-refractivity contribution in [2.75, 3.05) is 44.9 Å². The fourth-order valence-corrected chi connectivity index (χ4v) is 3.64. The molecule has 0 atom stereocenters. The predicted octanol–water partition coefficient (Wildman–Crippen LogP) is 2.41. The van der Waals surface area contributed by atoms with Crippen LogP contribution in [0, 0.1) is 6.92 Å². The number of hydrogen-bond acceptors (Lipinski definition) is 5. The van der Waals surface area contributed by atoms with Crippen LogP contribution in [-0.4, -0.2) is 63.7 Å². The number of aryl methyl sites for hydroxylation is 1. The maximum absolute atomic E-state index is 12.4. The molecule has 0 aliphatic carbocycles. The van der Waals surface area contributed by atoms with Crippen LogP contribution >= 0.6 is 11.6 Å². The normalized spacial score (nSPS) is 11.3. The summed E-state index contributed by atoms with van der Waals surface area (Å²) in [6.45, 7) is 1.56. The molecule has 0 spiro atoms. The highest BCUT2D eigenvalue weighted by Gasteiger charge is 2.19. The minimum absolute atomic E-state index is 0.0951. The second-order valence-corrected chi connectivity index (χ2v) is 9.45.